The number of aryl methyl sites for hydroxylation is 1. The summed E-state index contributed by atoms with van der Waals surface area (Å²) in [6.07, 6.45) is 3.69. The molecule has 4 N–H and O–H groups in total. The van der Waals surface area contributed by atoms with E-state index in [0.717, 1.165) is 42.3 Å². The highest BCUT2D eigenvalue weighted by Crippen LogP contribution is 2.43. The highest BCUT2D eigenvalue weighted by molar-refractivity contribution is 7.99. The number of halogens is 1. The first kappa shape index (κ1) is 26.9. The predicted molar refractivity (Wildman–Crippen MR) is 145 cm³/mol. The van der Waals surface area contributed by atoms with Crippen LogP contribution in [0.25, 0.3) is 0 Å². The van der Waals surface area contributed by atoms with E-state index in [0.29, 0.717) is 41.3 Å². The Morgan fingerprint density at radius 3 is 2.51 bits per heavy atom. The van der Waals surface area contributed by atoms with Gasteiger partial charge in [-0.25, -0.2) is 15.0 Å². The minimum Gasteiger partial charge on any atom is -0.390 e. The molecule has 2 aromatic rings. The molecule has 2 atom stereocenters. The summed E-state index contributed by atoms with van der Waals surface area (Å²) in [6, 6.07) is 1.92. The Labute approximate surface area is 227 Å². The number of piperidine rings is 1. The van der Waals surface area contributed by atoms with Crippen LogP contribution >= 0.6 is 23.4 Å². The van der Waals surface area contributed by atoms with Gasteiger partial charge in [-0.2, -0.15) is 0 Å². The van der Waals surface area contributed by atoms with Gasteiger partial charge in [-0.15, -0.1) is 0 Å². The van der Waals surface area contributed by atoms with E-state index in [1.807, 2.05) is 26.8 Å². The molecule has 3 fully saturated rings. The van der Waals surface area contributed by atoms with Gasteiger partial charge in [0, 0.05) is 54.6 Å². The standard InChI is InChI=1S/C26H37ClN6O3S/c1-15-24(37-19-5-8-29-23(20(19)27)33-11-17(12-33)25(3,4)35)31-18(13-34)22(30-15)32-9-6-26(7-10-32)14-36-16(2)21(26)28/h5,8,16-17,21,34-35H,6-7,9-14,28H2,1-4H3/t16-,21+/m0/s1. The van der Waals surface area contributed by atoms with E-state index in [9.17, 15) is 10.2 Å². The van der Waals surface area contributed by atoms with Crippen molar-refractivity contribution in [2.75, 3.05) is 42.6 Å². The molecule has 0 aliphatic carbocycles. The maximum absolute atomic E-state index is 10.3. The van der Waals surface area contributed by atoms with E-state index < -0.39 is 5.60 Å². The molecule has 5 rings (SSSR count). The fourth-order valence-electron chi connectivity index (χ4n) is 5.53. The normalized spacial score (nSPS) is 24.1. The highest BCUT2D eigenvalue weighted by atomic mass is 35.5. The van der Waals surface area contributed by atoms with E-state index >= 15 is 0 Å². The lowest BCUT2D eigenvalue weighted by Gasteiger charge is -2.46. The number of nitrogens with two attached hydrogens (primary N) is 1. The van der Waals surface area contributed by atoms with Crippen molar-refractivity contribution in [3.05, 3.63) is 28.7 Å². The molecule has 9 nitrogen and oxygen atoms in total. The maximum Gasteiger partial charge on any atom is 0.153 e. The molecule has 2 aromatic heterocycles. The largest absolute Gasteiger partial charge is 0.390 e. The number of rotatable bonds is 6. The van der Waals surface area contributed by atoms with Crippen LogP contribution < -0.4 is 15.5 Å². The lowest BCUT2D eigenvalue weighted by atomic mass is 9.73. The van der Waals surface area contributed by atoms with Gasteiger partial charge in [0.1, 0.15) is 16.5 Å². The number of hydrogen-bond acceptors (Lipinski definition) is 10. The van der Waals surface area contributed by atoms with Crippen molar-refractivity contribution in [3.63, 3.8) is 0 Å². The van der Waals surface area contributed by atoms with Crippen LogP contribution in [0.4, 0.5) is 11.6 Å². The summed E-state index contributed by atoms with van der Waals surface area (Å²) >= 11 is 8.20. The summed E-state index contributed by atoms with van der Waals surface area (Å²) in [7, 11) is 0. The van der Waals surface area contributed by atoms with E-state index in [2.05, 4.69) is 21.7 Å². The van der Waals surface area contributed by atoms with Gasteiger partial charge in [0.05, 0.1) is 35.6 Å². The molecule has 1 spiro atoms. The summed E-state index contributed by atoms with van der Waals surface area (Å²) in [5.41, 5.74) is 7.12. The van der Waals surface area contributed by atoms with Gasteiger partial charge in [0.15, 0.2) is 5.82 Å². The molecule has 3 saturated heterocycles. The van der Waals surface area contributed by atoms with Crippen LogP contribution in [0.3, 0.4) is 0 Å². The third kappa shape index (κ3) is 5.04. The molecule has 0 saturated carbocycles. The zero-order valence-electron chi connectivity index (χ0n) is 21.9. The van der Waals surface area contributed by atoms with Crippen molar-refractivity contribution in [2.45, 2.75) is 74.8 Å². The fraction of sp³-hybridized carbons (Fsp3) is 0.654. The molecule has 11 heteroatoms. The average Bonchev–Trinajstić information content (AvgIpc) is 3.09. The first-order valence-electron chi connectivity index (χ1n) is 12.9. The number of ether oxygens (including phenoxy) is 1. The zero-order valence-corrected chi connectivity index (χ0v) is 23.5. The minimum atomic E-state index is -0.727. The maximum atomic E-state index is 10.3. The summed E-state index contributed by atoms with van der Waals surface area (Å²) in [5.74, 6) is 1.63. The Kier molecular flexibility index (Phi) is 7.36. The third-order valence-corrected chi connectivity index (χ3v) is 9.98. The van der Waals surface area contributed by atoms with Crippen LogP contribution in [-0.2, 0) is 11.3 Å². The molecule has 0 amide bonds. The second kappa shape index (κ2) is 10.1. The van der Waals surface area contributed by atoms with Gasteiger partial charge in [0.2, 0.25) is 0 Å². The predicted octanol–water partition coefficient (Wildman–Crippen LogP) is 3.02. The van der Waals surface area contributed by atoms with Gasteiger partial charge in [-0.3, -0.25) is 0 Å². The monoisotopic (exact) mass is 548 g/mol. The van der Waals surface area contributed by atoms with Crippen LogP contribution in [0.15, 0.2) is 22.2 Å². The number of nitrogens with zero attached hydrogens (tertiary/aromatic N) is 5. The second-order valence-electron chi connectivity index (χ2n) is 11.2. The van der Waals surface area contributed by atoms with Gasteiger partial charge in [-0.05, 0) is 46.6 Å². The van der Waals surface area contributed by atoms with Crippen LogP contribution in [0, 0.1) is 18.3 Å². The van der Waals surface area contributed by atoms with Gasteiger partial charge >= 0.3 is 0 Å². The molecule has 0 unspecified atom stereocenters. The Hall–Kier alpha value is -1.69. The molecular formula is C26H37ClN6O3S. The number of aliphatic hydroxyl groups excluding tert-OH is 1. The Morgan fingerprint density at radius 2 is 1.92 bits per heavy atom. The number of aliphatic hydroxyl groups is 2. The van der Waals surface area contributed by atoms with E-state index in [1.165, 1.54) is 11.8 Å². The lowest BCUT2D eigenvalue weighted by Crippen LogP contribution is -2.56. The van der Waals surface area contributed by atoms with Crippen LogP contribution in [0.5, 0.6) is 0 Å². The second-order valence-corrected chi connectivity index (χ2v) is 12.6. The quantitative estimate of drug-likeness (QED) is 0.496. The van der Waals surface area contributed by atoms with Crippen molar-refractivity contribution in [2.24, 2.45) is 17.1 Å². The third-order valence-electron chi connectivity index (χ3n) is 8.35. The van der Waals surface area contributed by atoms with E-state index in [-0.39, 0.29) is 30.1 Å². The average molecular weight is 549 g/mol. The minimum absolute atomic E-state index is 0.0206. The fourth-order valence-corrected chi connectivity index (χ4v) is 6.75. The topological polar surface area (TPSA) is 121 Å². The first-order chi connectivity index (χ1) is 17.5. The summed E-state index contributed by atoms with van der Waals surface area (Å²) in [6.45, 7) is 11.2. The molecule has 3 aliphatic heterocycles. The first-order valence-corrected chi connectivity index (χ1v) is 14.1. The molecule has 3 aliphatic rings. The van der Waals surface area contributed by atoms with Crippen LogP contribution in [-0.4, -0.2) is 75.7 Å². The summed E-state index contributed by atoms with van der Waals surface area (Å²) < 4.78 is 5.86. The Bertz CT molecular complexity index is 1150. The number of anilines is 2. The van der Waals surface area contributed by atoms with E-state index in [4.69, 9.17) is 32.0 Å². The summed E-state index contributed by atoms with van der Waals surface area (Å²) in [5, 5.41) is 21.7. The summed E-state index contributed by atoms with van der Waals surface area (Å²) in [4.78, 5) is 19.3. The number of hydrogen-bond donors (Lipinski definition) is 3. The van der Waals surface area contributed by atoms with Crippen molar-refractivity contribution < 1.29 is 14.9 Å². The Balaban J connectivity index is 1.32. The van der Waals surface area contributed by atoms with Gasteiger partial charge in [-0.1, -0.05) is 23.4 Å². The molecule has 0 bridgehead atoms. The molecule has 202 valence electrons. The lowest BCUT2D eigenvalue weighted by molar-refractivity contribution is 0.00438. The Morgan fingerprint density at radius 1 is 1.22 bits per heavy atom. The molecular weight excluding hydrogens is 512 g/mol. The SMILES string of the molecule is Cc1nc(N2CCC3(CC2)CO[C@@H](C)[C@H]3N)c(CO)nc1Sc1ccnc(N2CC(C(C)(C)O)C2)c1Cl. The number of aromatic nitrogens is 3. The van der Waals surface area contributed by atoms with Crippen molar-refractivity contribution in [1.82, 2.24) is 15.0 Å². The van der Waals surface area contributed by atoms with Crippen molar-refractivity contribution in [3.8, 4) is 0 Å². The van der Waals surface area contributed by atoms with Crippen molar-refractivity contribution in [1.29, 1.82) is 0 Å². The molecule has 37 heavy (non-hydrogen) atoms. The number of pyridine rings is 1. The molecule has 0 aromatic carbocycles. The molecule has 0 radical (unpaired) electrons. The smallest absolute Gasteiger partial charge is 0.153 e. The van der Waals surface area contributed by atoms with Crippen LogP contribution in [0.2, 0.25) is 5.02 Å². The van der Waals surface area contributed by atoms with Gasteiger partial charge in [0.25, 0.3) is 0 Å². The van der Waals surface area contributed by atoms with Gasteiger partial charge < -0.3 is 30.5 Å². The highest BCUT2D eigenvalue weighted by Gasteiger charge is 2.48. The van der Waals surface area contributed by atoms with Crippen LogP contribution in [0.1, 0.15) is 45.0 Å². The zero-order chi connectivity index (χ0) is 26.5. The van der Waals surface area contributed by atoms with E-state index in [1.54, 1.807) is 6.20 Å². The van der Waals surface area contributed by atoms with Crippen molar-refractivity contribution >= 4 is 35.0 Å². The molecule has 5 heterocycles.